The highest BCUT2D eigenvalue weighted by Crippen LogP contribution is 2.35. The van der Waals surface area contributed by atoms with Gasteiger partial charge in [0.2, 0.25) is 5.95 Å². The number of piperazine rings is 1. The molecule has 1 amide bonds. The van der Waals surface area contributed by atoms with Gasteiger partial charge in [-0.15, -0.1) is 0 Å². The van der Waals surface area contributed by atoms with Gasteiger partial charge in [-0.05, 0) is 44.4 Å². The minimum absolute atomic E-state index is 0.00310. The molecule has 0 aromatic carbocycles. The molecular formula is C27H38N8O. The van der Waals surface area contributed by atoms with E-state index < -0.39 is 0 Å². The lowest BCUT2D eigenvalue weighted by molar-refractivity contribution is 0.0815. The molecule has 0 radical (unpaired) electrons. The summed E-state index contributed by atoms with van der Waals surface area (Å²) < 4.78 is 2.13. The highest BCUT2D eigenvalue weighted by Gasteiger charge is 2.26. The number of anilines is 3. The molecule has 9 heteroatoms. The average Bonchev–Trinajstić information content (AvgIpc) is 3.56. The second-order valence-electron chi connectivity index (χ2n) is 10.3. The highest BCUT2D eigenvalue weighted by molar-refractivity contribution is 5.97. The van der Waals surface area contributed by atoms with Crippen LogP contribution in [-0.2, 0) is 0 Å². The number of amides is 1. The van der Waals surface area contributed by atoms with Crippen molar-refractivity contribution >= 4 is 34.4 Å². The predicted octanol–water partition coefficient (Wildman–Crippen LogP) is 4.31. The molecule has 0 bridgehead atoms. The highest BCUT2D eigenvalue weighted by atomic mass is 16.2. The number of carbonyl (C=O) groups excluding carboxylic acids is 1. The summed E-state index contributed by atoms with van der Waals surface area (Å²) in [4.78, 5) is 33.5. The molecule has 9 nitrogen and oxygen atoms in total. The lowest BCUT2D eigenvalue weighted by Crippen LogP contribution is -2.49. The minimum atomic E-state index is -0.00310. The van der Waals surface area contributed by atoms with Crippen molar-refractivity contribution in [2.75, 3.05) is 50.5 Å². The first kappa shape index (κ1) is 24.5. The number of hydrogen-bond donors (Lipinski definition) is 1. The SMILES string of the molecule is CCC(C)N1CCN(c2ccc(Nc3ncc4cc(C(=O)N(C)C)n(C5CCCC5)c4n3)nc2)CC1. The van der Waals surface area contributed by atoms with E-state index in [0.29, 0.717) is 29.5 Å². The van der Waals surface area contributed by atoms with Crippen molar-refractivity contribution in [2.45, 2.75) is 58.0 Å². The van der Waals surface area contributed by atoms with Crippen LogP contribution in [0.1, 0.15) is 62.5 Å². The first-order valence-corrected chi connectivity index (χ1v) is 13.3. The van der Waals surface area contributed by atoms with Crippen LogP contribution in [0.15, 0.2) is 30.6 Å². The Bertz CT molecular complexity index is 1190. The van der Waals surface area contributed by atoms with Gasteiger partial charge in [0, 0.05) is 63.9 Å². The van der Waals surface area contributed by atoms with Crippen molar-refractivity contribution in [3.05, 3.63) is 36.3 Å². The van der Waals surface area contributed by atoms with Gasteiger partial charge in [-0.2, -0.15) is 4.98 Å². The van der Waals surface area contributed by atoms with Crippen LogP contribution >= 0.6 is 0 Å². The summed E-state index contributed by atoms with van der Waals surface area (Å²) in [7, 11) is 3.58. The van der Waals surface area contributed by atoms with E-state index in [1.54, 1.807) is 25.2 Å². The molecule has 1 N–H and O–H groups in total. The van der Waals surface area contributed by atoms with Crippen molar-refractivity contribution in [3.63, 3.8) is 0 Å². The first-order chi connectivity index (χ1) is 17.4. The van der Waals surface area contributed by atoms with E-state index >= 15 is 0 Å². The van der Waals surface area contributed by atoms with Crippen molar-refractivity contribution in [1.29, 1.82) is 0 Å². The van der Waals surface area contributed by atoms with Crippen LogP contribution in [-0.4, -0.2) is 81.5 Å². The number of pyridine rings is 1. The molecule has 1 saturated heterocycles. The molecule has 2 aliphatic rings. The Hall–Kier alpha value is -3.20. The van der Waals surface area contributed by atoms with Gasteiger partial charge in [0.15, 0.2) is 0 Å². The van der Waals surface area contributed by atoms with E-state index in [9.17, 15) is 4.79 Å². The second kappa shape index (κ2) is 10.4. The van der Waals surface area contributed by atoms with Gasteiger partial charge in [0.05, 0.1) is 11.9 Å². The van der Waals surface area contributed by atoms with E-state index in [-0.39, 0.29) is 5.91 Å². The van der Waals surface area contributed by atoms with Crippen LogP contribution in [0.4, 0.5) is 17.5 Å². The fourth-order valence-corrected chi connectivity index (χ4v) is 5.43. The monoisotopic (exact) mass is 490 g/mol. The average molecular weight is 491 g/mol. The third kappa shape index (κ3) is 4.89. The summed E-state index contributed by atoms with van der Waals surface area (Å²) in [6, 6.07) is 6.96. The Morgan fingerprint density at radius 3 is 2.50 bits per heavy atom. The minimum Gasteiger partial charge on any atom is -0.368 e. The molecule has 1 saturated carbocycles. The lowest BCUT2D eigenvalue weighted by Gasteiger charge is -2.38. The predicted molar refractivity (Wildman–Crippen MR) is 144 cm³/mol. The van der Waals surface area contributed by atoms with E-state index in [1.807, 2.05) is 18.3 Å². The third-order valence-corrected chi connectivity index (χ3v) is 7.77. The van der Waals surface area contributed by atoms with Crippen LogP contribution in [0, 0.1) is 0 Å². The smallest absolute Gasteiger partial charge is 0.270 e. The standard InChI is InChI=1S/C27H38N8O/c1-5-19(2)33-12-14-34(15-13-33)22-10-11-24(28-18-22)30-27-29-17-20-16-23(26(36)32(3)4)35(25(20)31-27)21-8-6-7-9-21/h10-11,16-19,21H,5-9,12-15H2,1-4H3,(H,28,29,30,31). The summed E-state index contributed by atoms with van der Waals surface area (Å²) in [5, 5.41) is 4.15. The van der Waals surface area contributed by atoms with Crippen molar-refractivity contribution in [2.24, 2.45) is 0 Å². The lowest BCUT2D eigenvalue weighted by atomic mass is 10.2. The maximum absolute atomic E-state index is 12.9. The largest absolute Gasteiger partial charge is 0.368 e. The third-order valence-electron chi connectivity index (χ3n) is 7.77. The number of hydrogen-bond acceptors (Lipinski definition) is 7. The quantitative estimate of drug-likeness (QED) is 0.528. The normalized spacial score (nSPS) is 18.1. The summed E-state index contributed by atoms with van der Waals surface area (Å²) in [5.41, 5.74) is 2.63. The van der Waals surface area contributed by atoms with E-state index in [2.05, 4.69) is 49.6 Å². The maximum Gasteiger partial charge on any atom is 0.270 e. The van der Waals surface area contributed by atoms with Crippen LogP contribution < -0.4 is 10.2 Å². The first-order valence-electron chi connectivity index (χ1n) is 13.3. The van der Waals surface area contributed by atoms with Gasteiger partial charge in [0.25, 0.3) is 5.91 Å². The van der Waals surface area contributed by atoms with E-state index in [0.717, 1.165) is 55.7 Å². The molecule has 4 heterocycles. The molecule has 1 aliphatic carbocycles. The molecular weight excluding hydrogens is 452 g/mol. The van der Waals surface area contributed by atoms with Crippen LogP contribution in [0.2, 0.25) is 0 Å². The number of fused-ring (bicyclic) bond motifs is 1. The summed E-state index contributed by atoms with van der Waals surface area (Å²) in [5.74, 6) is 1.20. The van der Waals surface area contributed by atoms with Gasteiger partial charge in [-0.1, -0.05) is 19.8 Å². The Kier molecular flexibility index (Phi) is 7.09. The summed E-state index contributed by atoms with van der Waals surface area (Å²) in [6.45, 7) is 8.77. The molecule has 36 heavy (non-hydrogen) atoms. The number of aromatic nitrogens is 4. The molecule has 5 rings (SSSR count). The molecule has 0 spiro atoms. The zero-order chi connectivity index (χ0) is 25.2. The van der Waals surface area contributed by atoms with Crippen LogP contribution in [0.3, 0.4) is 0 Å². The summed E-state index contributed by atoms with van der Waals surface area (Å²) in [6.07, 6.45) is 9.41. The fourth-order valence-electron chi connectivity index (χ4n) is 5.43. The van der Waals surface area contributed by atoms with Gasteiger partial charge in [0.1, 0.15) is 17.2 Å². The van der Waals surface area contributed by atoms with E-state index in [1.165, 1.54) is 19.3 Å². The molecule has 3 aromatic heterocycles. The molecule has 192 valence electrons. The number of rotatable bonds is 7. The number of nitrogens with one attached hydrogen (secondary N) is 1. The Morgan fingerprint density at radius 2 is 1.86 bits per heavy atom. The number of carbonyl (C=O) groups is 1. The van der Waals surface area contributed by atoms with Crippen molar-refractivity contribution in [1.82, 2.24) is 29.3 Å². The topological polar surface area (TPSA) is 82.4 Å². The second-order valence-corrected chi connectivity index (χ2v) is 10.3. The van der Waals surface area contributed by atoms with Gasteiger partial charge < -0.3 is 19.7 Å². The van der Waals surface area contributed by atoms with Crippen molar-refractivity contribution < 1.29 is 4.79 Å². The molecule has 1 unspecified atom stereocenters. The zero-order valence-corrected chi connectivity index (χ0v) is 21.9. The zero-order valence-electron chi connectivity index (χ0n) is 21.9. The van der Waals surface area contributed by atoms with Gasteiger partial charge >= 0.3 is 0 Å². The Balaban J connectivity index is 1.33. The Morgan fingerprint density at radius 1 is 1.11 bits per heavy atom. The van der Waals surface area contributed by atoms with Gasteiger partial charge in [-0.25, -0.2) is 9.97 Å². The fraction of sp³-hybridized carbons (Fsp3) is 0.556. The Labute approximate surface area is 213 Å². The van der Waals surface area contributed by atoms with Crippen LogP contribution in [0.5, 0.6) is 0 Å². The van der Waals surface area contributed by atoms with Crippen LogP contribution in [0.25, 0.3) is 11.0 Å². The maximum atomic E-state index is 12.9. The van der Waals surface area contributed by atoms with Crippen molar-refractivity contribution in [3.8, 4) is 0 Å². The van der Waals surface area contributed by atoms with E-state index in [4.69, 9.17) is 4.98 Å². The van der Waals surface area contributed by atoms with Gasteiger partial charge in [-0.3, -0.25) is 9.69 Å². The molecule has 3 aromatic rings. The summed E-state index contributed by atoms with van der Waals surface area (Å²) >= 11 is 0. The number of nitrogens with zero attached hydrogens (tertiary/aromatic N) is 7. The molecule has 2 fully saturated rings. The molecule has 1 aliphatic heterocycles. The molecule has 1 atom stereocenters.